The van der Waals surface area contributed by atoms with Crippen LogP contribution in [0.25, 0.3) is 0 Å². The average Bonchev–Trinajstić information content (AvgIpc) is 2.00. The molecule has 1 atom stereocenters. The molecule has 0 radical (unpaired) electrons. The molecule has 0 aliphatic rings. The molecule has 1 unspecified atom stereocenters. The van der Waals surface area contributed by atoms with Gasteiger partial charge in [0.15, 0.2) is 0 Å². The van der Waals surface area contributed by atoms with Crippen molar-refractivity contribution in [2.45, 2.75) is 57.6 Å². The Morgan fingerprint density at radius 1 is 1.21 bits per heavy atom. The molecule has 0 aromatic rings. The highest BCUT2D eigenvalue weighted by Crippen LogP contribution is 2.69. The fraction of sp³-hybridized carbons (Fsp3) is 1.00. The van der Waals surface area contributed by atoms with Crippen molar-refractivity contribution in [2.24, 2.45) is 0 Å². The molecule has 0 saturated heterocycles. The Kier molecular flexibility index (Phi) is 9.02. The number of hydrogen-bond donors (Lipinski definition) is 0. The summed E-state index contributed by atoms with van der Waals surface area (Å²) in [4.78, 5) is 0. The predicted octanol–water partition coefficient (Wildman–Crippen LogP) is 6.05. The predicted molar refractivity (Wildman–Crippen MR) is 69.7 cm³/mol. The Morgan fingerprint density at radius 2 is 1.79 bits per heavy atom. The minimum Gasteiger partial charge on any atom is -0.277 e. The van der Waals surface area contributed by atoms with E-state index >= 15 is 0 Å². The third kappa shape index (κ3) is 11.2. The van der Waals surface area contributed by atoms with E-state index in [1.807, 2.05) is 6.92 Å². The summed E-state index contributed by atoms with van der Waals surface area (Å²) in [5.41, 5.74) is 0. The molecule has 0 aliphatic carbocycles. The molecule has 0 aromatic carbocycles. The minimum absolute atomic E-state index is 0.303. The van der Waals surface area contributed by atoms with Crippen molar-refractivity contribution in [1.82, 2.24) is 0 Å². The van der Waals surface area contributed by atoms with Gasteiger partial charge in [0.2, 0.25) is 0 Å². The largest absolute Gasteiger partial charge is 0.307 e. The molecule has 14 heavy (non-hydrogen) atoms. The zero-order valence-corrected chi connectivity index (χ0v) is 12.1. The van der Waals surface area contributed by atoms with Gasteiger partial charge >= 0.3 is 5.05 Å². The normalized spacial score (nSPS) is 14.3. The summed E-state index contributed by atoms with van der Waals surface area (Å²) in [6, 6.07) is 0. The second kappa shape index (κ2) is 8.33. The topological polar surface area (TPSA) is 17.1 Å². The maximum Gasteiger partial charge on any atom is 0.307 e. The van der Waals surface area contributed by atoms with E-state index in [1.165, 1.54) is 43.5 Å². The SMILES string of the molecule is CCCCCCCC(C)SP(=O)(Cl)Cl. The Hall–Kier alpha value is 1.16. The Bertz CT molecular complexity index is 184. The van der Waals surface area contributed by atoms with Crippen LogP contribution in [0.3, 0.4) is 0 Å². The third-order valence-corrected chi connectivity index (χ3v) is 6.11. The van der Waals surface area contributed by atoms with Gasteiger partial charge in [0.1, 0.15) is 0 Å². The molecule has 0 N–H and O–H groups in total. The molecule has 1 nitrogen and oxygen atoms in total. The Balaban J connectivity index is 3.36. The molecule has 0 rings (SSSR count). The van der Waals surface area contributed by atoms with Crippen molar-refractivity contribution in [2.75, 3.05) is 0 Å². The van der Waals surface area contributed by atoms with Crippen molar-refractivity contribution < 1.29 is 4.57 Å². The first-order valence-electron chi connectivity index (χ1n) is 5.13. The highest BCUT2D eigenvalue weighted by atomic mass is 35.9. The zero-order chi connectivity index (χ0) is 11.0. The first-order chi connectivity index (χ1) is 6.45. The lowest BCUT2D eigenvalue weighted by Gasteiger charge is -2.10. The molecule has 0 aromatic heterocycles. The van der Waals surface area contributed by atoms with E-state index in [2.05, 4.69) is 6.92 Å². The molecular formula is C9H19Cl2OPS. The molecule has 0 amide bonds. The quantitative estimate of drug-likeness (QED) is 0.396. The molecule has 0 fully saturated rings. The second-order valence-electron chi connectivity index (χ2n) is 3.53. The van der Waals surface area contributed by atoms with Gasteiger partial charge < -0.3 is 0 Å². The highest BCUT2D eigenvalue weighted by molar-refractivity contribution is 8.73. The number of halogens is 2. The fourth-order valence-electron chi connectivity index (χ4n) is 1.30. The van der Waals surface area contributed by atoms with Crippen molar-refractivity contribution in [3.8, 4) is 0 Å². The van der Waals surface area contributed by atoms with Crippen molar-refractivity contribution >= 4 is 38.9 Å². The minimum atomic E-state index is -2.92. The zero-order valence-electron chi connectivity index (χ0n) is 8.84. The molecule has 0 bridgehead atoms. The monoisotopic (exact) mass is 276 g/mol. The van der Waals surface area contributed by atoms with E-state index < -0.39 is 5.05 Å². The van der Waals surface area contributed by atoms with Gasteiger partial charge in [0.05, 0.1) is 0 Å². The van der Waals surface area contributed by atoms with E-state index in [4.69, 9.17) is 22.5 Å². The summed E-state index contributed by atoms with van der Waals surface area (Å²) in [6.45, 7) is 4.23. The number of unbranched alkanes of at least 4 members (excludes halogenated alkanes) is 4. The summed E-state index contributed by atoms with van der Waals surface area (Å²) in [5, 5.41) is -2.62. The van der Waals surface area contributed by atoms with Gasteiger partial charge in [-0.2, -0.15) is 0 Å². The maximum absolute atomic E-state index is 11.1. The maximum atomic E-state index is 11.1. The first-order valence-corrected chi connectivity index (χ1v) is 10.1. The molecule has 0 saturated carbocycles. The summed E-state index contributed by atoms with van der Waals surface area (Å²) in [7, 11) is 0. The van der Waals surface area contributed by atoms with E-state index in [9.17, 15) is 4.57 Å². The summed E-state index contributed by atoms with van der Waals surface area (Å²) in [5.74, 6) is 0. The molecule has 0 aliphatic heterocycles. The molecule has 0 heterocycles. The molecule has 5 heteroatoms. The number of hydrogen-bond acceptors (Lipinski definition) is 2. The smallest absolute Gasteiger partial charge is 0.277 e. The van der Waals surface area contributed by atoms with Gasteiger partial charge in [-0.1, -0.05) is 57.3 Å². The van der Waals surface area contributed by atoms with Crippen LogP contribution in [0.5, 0.6) is 0 Å². The summed E-state index contributed by atoms with van der Waals surface area (Å²) < 4.78 is 11.1. The van der Waals surface area contributed by atoms with Crippen molar-refractivity contribution in [3.05, 3.63) is 0 Å². The first kappa shape index (κ1) is 15.2. The van der Waals surface area contributed by atoms with Gasteiger partial charge in [-0.05, 0) is 28.9 Å². The fourth-order valence-corrected chi connectivity index (χ4v) is 6.01. The van der Waals surface area contributed by atoms with Crippen LogP contribution in [-0.4, -0.2) is 5.25 Å². The Morgan fingerprint density at radius 3 is 2.29 bits per heavy atom. The molecule has 0 spiro atoms. The van der Waals surface area contributed by atoms with Crippen LogP contribution in [0, 0.1) is 0 Å². The van der Waals surface area contributed by atoms with Gasteiger partial charge in [0, 0.05) is 5.25 Å². The number of rotatable bonds is 8. The van der Waals surface area contributed by atoms with Crippen molar-refractivity contribution in [3.63, 3.8) is 0 Å². The van der Waals surface area contributed by atoms with Gasteiger partial charge in [-0.3, -0.25) is 4.57 Å². The Labute approximate surface area is 101 Å². The van der Waals surface area contributed by atoms with E-state index in [0.29, 0.717) is 5.25 Å². The van der Waals surface area contributed by atoms with Crippen LogP contribution < -0.4 is 0 Å². The van der Waals surface area contributed by atoms with Crippen LogP contribution in [0.4, 0.5) is 0 Å². The highest BCUT2D eigenvalue weighted by Gasteiger charge is 2.18. The van der Waals surface area contributed by atoms with Crippen LogP contribution in [-0.2, 0) is 4.57 Å². The standard InChI is InChI=1S/C9H19Cl2OPS/c1-3-4-5-6-7-8-9(2)14-13(10,11)12/h9H,3-8H2,1-2H3. The van der Waals surface area contributed by atoms with Crippen LogP contribution in [0.15, 0.2) is 0 Å². The van der Waals surface area contributed by atoms with E-state index in [0.717, 1.165) is 6.42 Å². The summed E-state index contributed by atoms with van der Waals surface area (Å²) >= 11 is 12.2. The van der Waals surface area contributed by atoms with Crippen LogP contribution in [0.2, 0.25) is 0 Å². The lowest BCUT2D eigenvalue weighted by Crippen LogP contribution is -1.93. The second-order valence-corrected chi connectivity index (χ2v) is 12.1. The van der Waals surface area contributed by atoms with E-state index in [-0.39, 0.29) is 0 Å². The summed E-state index contributed by atoms with van der Waals surface area (Å²) in [6.07, 6.45) is 7.37. The van der Waals surface area contributed by atoms with Crippen molar-refractivity contribution in [1.29, 1.82) is 0 Å². The average molecular weight is 277 g/mol. The van der Waals surface area contributed by atoms with Gasteiger partial charge in [0.25, 0.3) is 0 Å². The molecular weight excluding hydrogens is 258 g/mol. The lowest BCUT2D eigenvalue weighted by atomic mass is 10.1. The van der Waals surface area contributed by atoms with E-state index in [1.54, 1.807) is 0 Å². The third-order valence-electron chi connectivity index (χ3n) is 2.02. The molecule has 86 valence electrons. The van der Waals surface area contributed by atoms with Crippen LogP contribution in [0.1, 0.15) is 52.4 Å². The van der Waals surface area contributed by atoms with Gasteiger partial charge in [-0.25, -0.2) is 0 Å². The van der Waals surface area contributed by atoms with Crippen LogP contribution >= 0.6 is 38.9 Å². The van der Waals surface area contributed by atoms with Gasteiger partial charge in [-0.15, -0.1) is 0 Å². The lowest BCUT2D eigenvalue weighted by molar-refractivity contribution is 0.598.